The lowest BCUT2D eigenvalue weighted by atomic mass is 10.1. The minimum atomic E-state index is -0.429. The normalized spacial score (nSPS) is 23.2. The van der Waals surface area contributed by atoms with E-state index in [2.05, 4.69) is 9.88 Å². The average Bonchev–Trinajstić information content (AvgIpc) is 2.41. The van der Waals surface area contributed by atoms with Crippen LogP contribution < -0.4 is 10.6 Å². The Hall–Kier alpha value is -1.82. The molecule has 6 heteroatoms. The summed E-state index contributed by atoms with van der Waals surface area (Å²) in [6.45, 7) is 5.31. The molecule has 0 amide bonds. The fourth-order valence-electron chi connectivity index (χ4n) is 2.16. The van der Waals surface area contributed by atoms with Gasteiger partial charge in [0.15, 0.2) is 0 Å². The Bertz CT molecular complexity index is 478. The lowest BCUT2D eigenvalue weighted by molar-refractivity contribution is 0.0337. The number of methoxy groups -OCH3 is 1. The zero-order valence-corrected chi connectivity index (χ0v) is 11.4. The number of rotatable bonds is 2. The van der Waals surface area contributed by atoms with E-state index < -0.39 is 5.97 Å². The number of nitrogen functional groups attached to an aromatic ring is 1. The first-order valence-electron chi connectivity index (χ1n) is 6.25. The highest BCUT2D eigenvalue weighted by atomic mass is 16.5. The van der Waals surface area contributed by atoms with Crippen molar-refractivity contribution in [2.24, 2.45) is 0 Å². The van der Waals surface area contributed by atoms with E-state index in [9.17, 15) is 4.79 Å². The Balaban J connectivity index is 2.40. The summed E-state index contributed by atoms with van der Waals surface area (Å²) in [5.41, 5.74) is 6.53. The second-order valence-electron chi connectivity index (χ2n) is 4.78. The third-order valence-electron chi connectivity index (χ3n) is 3.17. The summed E-state index contributed by atoms with van der Waals surface area (Å²) in [6.07, 6.45) is 1.65. The van der Waals surface area contributed by atoms with E-state index in [0.29, 0.717) is 30.2 Å². The number of hydrogen-bond acceptors (Lipinski definition) is 6. The number of aromatic nitrogens is 1. The SMILES string of the molecule is COC(=O)c1cc(N)cnc1N1CC(C)OCC1C. The first-order valence-corrected chi connectivity index (χ1v) is 6.25. The minimum Gasteiger partial charge on any atom is -0.465 e. The zero-order valence-electron chi connectivity index (χ0n) is 11.4. The molecule has 2 rings (SSSR count). The number of carbonyl (C=O) groups excluding carboxylic acids is 1. The van der Waals surface area contributed by atoms with Crippen LogP contribution in [-0.4, -0.2) is 43.4 Å². The largest absolute Gasteiger partial charge is 0.465 e. The van der Waals surface area contributed by atoms with Gasteiger partial charge in [0.1, 0.15) is 11.4 Å². The molecule has 0 saturated carbocycles. The van der Waals surface area contributed by atoms with Crippen LogP contribution >= 0.6 is 0 Å². The Morgan fingerprint density at radius 3 is 3.00 bits per heavy atom. The van der Waals surface area contributed by atoms with Gasteiger partial charge in [0, 0.05) is 6.54 Å². The average molecular weight is 265 g/mol. The van der Waals surface area contributed by atoms with Crippen LogP contribution in [0.3, 0.4) is 0 Å². The van der Waals surface area contributed by atoms with Crippen LogP contribution in [0.5, 0.6) is 0 Å². The predicted octanol–water partition coefficient (Wildman–Crippen LogP) is 1.06. The van der Waals surface area contributed by atoms with Gasteiger partial charge in [-0.3, -0.25) is 0 Å². The molecule has 0 aliphatic carbocycles. The molecule has 19 heavy (non-hydrogen) atoms. The molecule has 2 heterocycles. The van der Waals surface area contributed by atoms with Crippen LogP contribution in [0.15, 0.2) is 12.3 Å². The van der Waals surface area contributed by atoms with E-state index in [0.717, 1.165) is 0 Å². The molecule has 1 saturated heterocycles. The first-order chi connectivity index (χ1) is 9.02. The summed E-state index contributed by atoms with van der Waals surface area (Å²) in [6, 6.07) is 1.75. The highest BCUT2D eigenvalue weighted by Gasteiger charge is 2.28. The molecule has 0 bridgehead atoms. The first kappa shape index (κ1) is 13.6. The van der Waals surface area contributed by atoms with Gasteiger partial charge in [0.2, 0.25) is 0 Å². The Morgan fingerprint density at radius 1 is 1.58 bits per heavy atom. The van der Waals surface area contributed by atoms with Gasteiger partial charge in [-0.2, -0.15) is 0 Å². The van der Waals surface area contributed by atoms with Crippen molar-refractivity contribution in [1.29, 1.82) is 0 Å². The van der Waals surface area contributed by atoms with Gasteiger partial charge in [-0.25, -0.2) is 9.78 Å². The van der Waals surface area contributed by atoms with Gasteiger partial charge >= 0.3 is 5.97 Å². The number of ether oxygens (including phenoxy) is 2. The van der Waals surface area contributed by atoms with Crippen molar-refractivity contribution in [2.45, 2.75) is 26.0 Å². The Morgan fingerprint density at radius 2 is 2.32 bits per heavy atom. The molecular formula is C13H19N3O3. The van der Waals surface area contributed by atoms with Gasteiger partial charge in [-0.1, -0.05) is 0 Å². The standard InChI is InChI=1S/C13H19N3O3/c1-8-7-19-9(2)6-16(8)12-11(13(17)18-3)4-10(14)5-15-12/h4-5,8-9H,6-7,14H2,1-3H3. The van der Waals surface area contributed by atoms with Crippen molar-refractivity contribution in [3.63, 3.8) is 0 Å². The fraction of sp³-hybridized carbons (Fsp3) is 0.538. The predicted molar refractivity (Wildman–Crippen MR) is 72.2 cm³/mol. The van der Waals surface area contributed by atoms with Crippen molar-refractivity contribution in [1.82, 2.24) is 4.98 Å². The van der Waals surface area contributed by atoms with E-state index >= 15 is 0 Å². The summed E-state index contributed by atoms with van der Waals surface area (Å²) in [5, 5.41) is 0. The lowest BCUT2D eigenvalue weighted by Gasteiger charge is -2.38. The quantitative estimate of drug-likeness (QED) is 0.806. The van der Waals surface area contributed by atoms with Crippen LogP contribution in [0.2, 0.25) is 0 Å². The molecule has 1 fully saturated rings. The highest BCUT2D eigenvalue weighted by molar-refractivity contribution is 5.95. The highest BCUT2D eigenvalue weighted by Crippen LogP contribution is 2.25. The van der Waals surface area contributed by atoms with Crippen molar-refractivity contribution >= 4 is 17.5 Å². The Kier molecular flexibility index (Phi) is 3.90. The molecule has 0 aromatic carbocycles. The maximum absolute atomic E-state index is 11.8. The molecule has 1 aliphatic heterocycles. The van der Waals surface area contributed by atoms with Crippen molar-refractivity contribution in [2.75, 3.05) is 30.9 Å². The Labute approximate surface area is 112 Å². The molecule has 2 unspecified atom stereocenters. The maximum Gasteiger partial charge on any atom is 0.341 e. The van der Waals surface area contributed by atoms with Crippen LogP contribution in [0, 0.1) is 0 Å². The zero-order chi connectivity index (χ0) is 14.0. The van der Waals surface area contributed by atoms with Crippen LogP contribution in [0.1, 0.15) is 24.2 Å². The van der Waals surface area contributed by atoms with Gasteiger partial charge < -0.3 is 20.1 Å². The number of hydrogen-bond donors (Lipinski definition) is 1. The minimum absolute atomic E-state index is 0.0982. The number of anilines is 2. The van der Waals surface area contributed by atoms with Gasteiger partial charge in [-0.05, 0) is 19.9 Å². The molecule has 0 spiro atoms. The van der Waals surface area contributed by atoms with E-state index in [1.807, 2.05) is 13.8 Å². The fourth-order valence-corrected chi connectivity index (χ4v) is 2.16. The maximum atomic E-state index is 11.8. The van der Waals surface area contributed by atoms with Crippen LogP contribution in [-0.2, 0) is 9.47 Å². The molecule has 6 nitrogen and oxygen atoms in total. The van der Waals surface area contributed by atoms with Gasteiger partial charge in [0.25, 0.3) is 0 Å². The van der Waals surface area contributed by atoms with E-state index in [-0.39, 0.29) is 12.1 Å². The monoisotopic (exact) mass is 265 g/mol. The number of esters is 1. The molecular weight excluding hydrogens is 246 g/mol. The molecule has 104 valence electrons. The second kappa shape index (κ2) is 5.44. The van der Waals surface area contributed by atoms with E-state index in [1.165, 1.54) is 7.11 Å². The van der Waals surface area contributed by atoms with Crippen LogP contribution in [0.4, 0.5) is 11.5 Å². The number of nitrogens with zero attached hydrogens (tertiary/aromatic N) is 2. The van der Waals surface area contributed by atoms with Crippen LogP contribution in [0.25, 0.3) is 0 Å². The molecule has 1 aromatic rings. The van der Waals surface area contributed by atoms with Crippen molar-refractivity contribution in [3.05, 3.63) is 17.8 Å². The third-order valence-corrected chi connectivity index (χ3v) is 3.17. The second-order valence-corrected chi connectivity index (χ2v) is 4.78. The van der Waals surface area contributed by atoms with E-state index in [4.69, 9.17) is 15.2 Å². The summed E-state index contributed by atoms with van der Waals surface area (Å²) < 4.78 is 10.4. The number of carbonyl (C=O) groups is 1. The third kappa shape index (κ3) is 2.78. The number of morpholine rings is 1. The van der Waals surface area contributed by atoms with Gasteiger partial charge in [-0.15, -0.1) is 0 Å². The van der Waals surface area contributed by atoms with Crippen molar-refractivity contribution < 1.29 is 14.3 Å². The molecule has 0 radical (unpaired) electrons. The summed E-state index contributed by atoms with van der Waals surface area (Å²) in [7, 11) is 1.35. The summed E-state index contributed by atoms with van der Waals surface area (Å²) in [5.74, 6) is 0.171. The lowest BCUT2D eigenvalue weighted by Crippen LogP contribution is -2.48. The summed E-state index contributed by atoms with van der Waals surface area (Å²) in [4.78, 5) is 18.2. The van der Waals surface area contributed by atoms with E-state index in [1.54, 1.807) is 12.3 Å². The molecule has 1 aliphatic rings. The molecule has 2 N–H and O–H groups in total. The number of nitrogens with two attached hydrogens (primary N) is 1. The number of pyridine rings is 1. The van der Waals surface area contributed by atoms with Crippen molar-refractivity contribution in [3.8, 4) is 0 Å². The van der Waals surface area contributed by atoms with Gasteiger partial charge in [0.05, 0.1) is 37.7 Å². The smallest absolute Gasteiger partial charge is 0.341 e. The summed E-state index contributed by atoms with van der Waals surface area (Å²) >= 11 is 0. The molecule has 2 atom stereocenters. The topological polar surface area (TPSA) is 77.7 Å². The molecule has 1 aromatic heterocycles.